The number of hydrogen-bond acceptors (Lipinski definition) is 6. The van der Waals surface area contributed by atoms with Crippen LogP contribution in [-0.2, 0) is 19.0 Å². The zero-order valence-corrected chi connectivity index (χ0v) is 15.6. The molecule has 0 radical (unpaired) electrons. The van der Waals surface area contributed by atoms with E-state index in [2.05, 4.69) is 0 Å². The lowest BCUT2D eigenvalue weighted by molar-refractivity contribution is -0.138. The number of carbonyl (C=O) groups is 2. The van der Waals surface area contributed by atoms with E-state index in [9.17, 15) is 24.1 Å². The van der Waals surface area contributed by atoms with Crippen LogP contribution in [0.3, 0.4) is 0 Å². The van der Waals surface area contributed by atoms with Gasteiger partial charge in [0.1, 0.15) is 0 Å². The SMILES string of the molecule is COCC1=C2B(O)O[C@H](c3ccc(O)c(F)c3)C[C@H]2[C@H]2C(=O)N(C)C(=O)[C@H]2C1. The maximum Gasteiger partial charge on any atom is 0.487 e. The Hall–Kier alpha value is -2.23. The van der Waals surface area contributed by atoms with E-state index in [1.807, 2.05) is 0 Å². The van der Waals surface area contributed by atoms with Crippen LogP contribution < -0.4 is 0 Å². The summed E-state index contributed by atoms with van der Waals surface area (Å²) in [5.74, 6) is -3.22. The molecule has 28 heavy (non-hydrogen) atoms. The van der Waals surface area contributed by atoms with Crippen LogP contribution in [-0.4, -0.2) is 54.7 Å². The summed E-state index contributed by atoms with van der Waals surface area (Å²) in [6.45, 7) is 0.235. The van der Waals surface area contributed by atoms with Crippen LogP contribution in [0.1, 0.15) is 24.5 Å². The first-order valence-electron chi connectivity index (χ1n) is 9.17. The number of aromatic hydroxyl groups is 1. The van der Waals surface area contributed by atoms with Gasteiger partial charge in [-0.3, -0.25) is 14.5 Å². The first-order valence-corrected chi connectivity index (χ1v) is 9.17. The molecule has 0 bridgehead atoms. The number of methoxy groups -OCH3 is 1. The molecule has 4 rings (SSSR count). The van der Waals surface area contributed by atoms with E-state index in [4.69, 9.17) is 9.39 Å². The van der Waals surface area contributed by atoms with Crippen molar-refractivity contribution in [3.63, 3.8) is 0 Å². The Morgan fingerprint density at radius 1 is 1.32 bits per heavy atom. The van der Waals surface area contributed by atoms with E-state index >= 15 is 0 Å². The van der Waals surface area contributed by atoms with E-state index in [1.54, 1.807) is 0 Å². The van der Waals surface area contributed by atoms with Crippen LogP contribution in [0.4, 0.5) is 4.39 Å². The van der Waals surface area contributed by atoms with Crippen molar-refractivity contribution in [1.29, 1.82) is 0 Å². The zero-order valence-electron chi connectivity index (χ0n) is 15.6. The average Bonchev–Trinajstić information content (AvgIpc) is 2.88. The molecule has 2 fully saturated rings. The van der Waals surface area contributed by atoms with Crippen molar-refractivity contribution in [3.8, 4) is 5.75 Å². The van der Waals surface area contributed by atoms with Crippen LogP contribution in [0.15, 0.2) is 29.2 Å². The van der Waals surface area contributed by atoms with Crippen molar-refractivity contribution in [3.05, 3.63) is 40.6 Å². The topological polar surface area (TPSA) is 96.3 Å². The summed E-state index contributed by atoms with van der Waals surface area (Å²) in [5.41, 5.74) is 1.82. The molecule has 1 aliphatic carbocycles. The van der Waals surface area contributed by atoms with Crippen LogP contribution in [0.5, 0.6) is 5.75 Å². The third-order valence-corrected chi connectivity index (χ3v) is 6.09. The molecule has 1 aromatic rings. The number of nitrogens with zero attached hydrogens (tertiary/aromatic N) is 1. The smallest absolute Gasteiger partial charge is 0.487 e. The molecule has 0 saturated carbocycles. The highest BCUT2D eigenvalue weighted by atomic mass is 19.1. The molecule has 148 valence electrons. The molecule has 2 aliphatic heterocycles. The number of hydrogen-bond donors (Lipinski definition) is 2. The zero-order chi connectivity index (χ0) is 20.2. The lowest BCUT2D eigenvalue weighted by Gasteiger charge is -2.42. The molecule has 7 nitrogen and oxygen atoms in total. The molecule has 2 amide bonds. The first-order chi connectivity index (χ1) is 13.3. The number of fused-ring (bicyclic) bond motifs is 3. The van der Waals surface area contributed by atoms with Crippen molar-refractivity contribution in [1.82, 2.24) is 4.90 Å². The summed E-state index contributed by atoms with van der Waals surface area (Å²) in [5, 5.41) is 20.1. The van der Waals surface area contributed by atoms with Gasteiger partial charge < -0.3 is 19.5 Å². The van der Waals surface area contributed by atoms with Crippen molar-refractivity contribution >= 4 is 18.9 Å². The number of halogens is 1. The number of ether oxygens (including phenoxy) is 1. The third kappa shape index (κ3) is 2.85. The summed E-state index contributed by atoms with van der Waals surface area (Å²) >= 11 is 0. The van der Waals surface area contributed by atoms with Crippen LogP contribution in [0.25, 0.3) is 0 Å². The highest BCUT2D eigenvalue weighted by Gasteiger charge is 2.57. The normalized spacial score (nSPS) is 30.0. The van der Waals surface area contributed by atoms with Gasteiger partial charge in [0.15, 0.2) is 11.6 Å². The minimum absolute atomic E-state index is 0.226. The molecule has 0 aromatic heterocycles. The molecule has 1 aromatic carbocycles. The fourth-order valence-electron chi connectivity index (χ4n) is 4.81. The highest BCUT2D eigenvalue weighted by molar-refractivity contribution is 6.53. The van der Waals surface area contributed by atoms with E-state index < -0.39 is 42.5 Å². The number of phenols is 1. The number of amides is 2. The predicted molar refractivity (Wildman–Crippen MR) is 96.2 cm³/mol. The third-order valence-electron chi connectivity index (χ3n) is 6.09. The second kappa shape index (κ2) is 6.99. The van der Waals surface area contributed by atoms with Gasteiger partial charge in [-0.1, -0.05) is 6.07 Å². The van der Waals surface area contributed by atoms with Crippen molar-refractivity contribution in [2.45, 2.75) is 18.9 Å². The van der Waals surface area contributed by atoms with Gasteiger partial charge in [-0.05, 0) is 47.5 Å². The summed E-state index contributed by atoms with van der Waals surface area (Å²) in [6, 6.07) is 3.91. The highest BCUT2D eigenvalue weighted by Crippen LogP contribution is 2.51. The Morgan fingerprint density at radius 2 is 2.07 bits per heavy atom. The molecule has 2 N–H and O–H groups in total. The van der Waals surface area contributed by atoms with E-state index in [-0.39, 0.29) is 18.4 Å². The standard InChI is InChI=1S/C19H21BFNO6/c1-22-18(24)12-5-10(8-27-2)17-11(16(12)19(22)25)7-15(28-20(17)26)9-3-4-14(23)13(21)6-9/h3-4,6,11-12,15-16,23,26H,5,7-8H2,1-2H3/t11-,12-,15-,16+/m0/s1. The summed E-state index contributed by atoms with van der Waals surface area (Å²) in [7, 11) is 1.72. The Balaban J connectivity index is 1.74. The van der Waals surface area contributed by atoms with Gasteiger partial charge in [0.05, 0.1) is 24.5 Å². The van der Waals surface area contributed by atoms with Crippen LogP contribution in [0, 0.1) is 23.6 Å². The van der Waals surface area contributed by atoms with Gasteiger partial charge in [-0.25, -0.2) is 4.39 Å². The largest absolute Gasteiger partial charge is 0.505 e. The number of imide groups is 1. The Morgan fingerprint density at radius 3 is 2.75 bits per heavy atom. The second-order valence-corrected chi connectivity index (χ2v) is 7.59. The van der Waals surface area contributed by atoms with Crippen LogP contribution >= 0.6 is 0 Å². The lowest BCUT2D eigenvalue weighted by Crippen LogP contribution is -2.45. The average molecular weight is 389 g/mol. The fourth-order valence-corrected chi connectivity index (χ4v) is 4.81. The van der Waals surface area contributed by atoms with E-state index in [0.29, 0.717) is 23.9 Å². The molecular weight excluding hydrogens is 368 g/mol. The van der Waals surface area contributed by atoms with Crippen LogP contribution in [0.2, 0.25) is 0 Å². The van der Waals surface area contributed by atoms with Gasteiger partial charge in [0.2, 0.25) is 11.8 Å². The number of benzene rings is 1. The second-order valence-electron chi connectivity index (χ2n) is 7.59. The van der Waals surface area contributed by atoms with Crippen molar-refractivity contribution < 1.29 is 33.5 Å². The molecule has 3 aliphatic rings. The Kier molecular flexibility index (Phi) is 4.77. The quantitative estimate of drug-likeness (QED) is 0.596. The molecular formula is C19H21BFNO6. The number of phenolic OH excluding ortho intramolecular Hbond substituents is 1. The maximum atomic E-state index is 13.8. The monoisotopic (exact) mass is 389 g/mol. The Labute approximate surface area is 161 Å². The Bertz CT molecular complexity index is 874. The number of carbonyl (C=O) groups excluding carboxylic acids is 2. The van der Waals surface area contributed by atoms with E-state index in [1.165, 1.54) is 26.3 Å². The van der Waals surface area contributed by atoms with Crippen molar-refractivity contribution in [2.75, 3.05) is 20.8 Å². The summed E-state index contributed by atoms with van der Waals surface area (Å²) in [4.78, 5) is 26.5. The number of likely N-dealkylation sites (tertiary alicyclic amines) is 1. The molecule has 0 spiro atoms. The lowest BCUT2D eigenvalue weighted by atomic mass is 9.55. The molecule has 9 heteroatoms. The van der Waals surface area contributed by atoms with Gasteiger partial charge in [-0.2, -0.15) is 0 Å². The maximum absolute atomic E-state index is 13.8. The number of rotatable bonds is 3. The summed E-state index contributed by atoms with van der Waals surface area (Å²) < 4.78 is 24.8. The van der Waals surface area contributed by atoms with Crippen molar-refractivity contribution in [2.24, 2.45) is 17.8 Å². The molecule has 2 heterocycles. The van der Waals surface area contributed by atoms with Gasteiger partial charge >= 0.3 is 7.12 Å². The molecule has 0 unspecified atom stereocenters. The predicted octanol–water partition coefficient (Wildman–Crippen LogP) is 1.21. The number of allylic oxidation sites excluding steroid dienone is 1. The van der Waals surface area contributed by atoms with Gasteiger partial charge in [-0.15, -0.1) is 0 Å². The molecule has 2 saturated heterocycles. The minimum atomic E-state index is -1.28. The van der Waals surface area contributed by atoms with E-state index in [0.717, 1.165) is 16.5 Å². The molecule has 4 atom stereocenters. The first kappa shape index (κ1) is 19.1. The van der Waals surface area contributed by atoms with Gasteiger partial charge in [0, 0.05) is 14.2 Å². The summed E-state index contributed by atoms with van der Waals surface area (Å²) in [6.07, 6.45) is -0.00838. The fraction of sp³-hybridized carbons (Fsp3) is 0.474. The van der Waals surface area contributed by atoms with Gasteiger partial charge in [0.25, 0.3) is 0 Å². The minimum Gasteiger partial charge on any atom is -0.505 e.